The number of ketones is 2. The highest BCUT2D eigenvalue weighted by atomic mass is 32.1. The highest BCUT2D eigenvalue weighted by molar-refractivity contribution is 7.81. The van der Waals surface area contributed by atoms with Gasteiger partial charge in [0.05, 0.1) is 4.51 Å². The van der Waals surface area contributed by atoms with Gasteiger partial charge in [0.25, 0.3) is 0 Å². The minimum absolute atomic E-state index is 0.0859. The molecule has 210 valence electrons. The van der Waals surface area contributed by atoms with Crippen molar-refractivity contribution in [1.82, 2.24) is 10.3 Å². The molecule has 2 rings (SSSR count). The first-order chi connectivity index (χ1) is 18.0. The maximum Gasteiger partial charge on any atom is 0.160 e. The van der Waals surface area contributed by atoms with Gasteiger partial charge in [0.15, 0.2) is 11.6 Å². The van der Waals surface area contributed by atoms with E-state index in [1.165, 1.54) is 44.9 Å². The molecule has 1 unspecified atom stereocenters. The Morgan fingerprint density at radius 3 is 2.00 bits per heavy atom. The highest BCUT2D eigenvalue weighted by Gasteiger charge is 2.45. The standard InChI is InChI=1S/C31H52N2O2S2/c1-3-5-7-8-9-10-11-12-15-19-25(29-30(37)26(36)22-24-32-29)33-31(23-18-6-4-2)27(34)20-16-13-14-17-21-28(31)35/h22,24-25,33,37H,3-21,23H2,1-2H3,(H,32,36). The number of H-pyrrole nitrogens is 1. The fraction of sp³-hybridized carbons (Fsp3) is 0.774. The van der Waals surface area contributed by atoms with Crippen molar-refractivity contribution < 1.29 is 9.59 Å². The van der Waals surface area contributed by atoms with Gasteiger partial charge in [-0.15, -0.1) is 12.6 Å². The van der Waals surface area contributed by atoms with Crippen molar-refractivity contribution in [2.24, 2.45) is 0 Å². The Balaban J connectivity index is 2.22. The van der Waals surface area contributed by atoms with Crippen LogP contribution in [-0.2, 0) is 9.59 Å². The van der Waals surface area contributed by atoms with Gasteiger partial charge in [0.2, 0.25) is 0 Å². The summed E-state index contributed by atoms with van der Waals surface area (Å²) >= 11 is 10.3. The van der Waals surface area contributed by atoms with Crippen LogP contribution in [0.4, 0.5) is 0 Å². The number of hydrogen-bond donors (Lipinski definition) is 3. The minimum Gasteiger partial charge on any atom is -0.363 e. The molecule has 1 atom stereocenters. The van der Waals surface area contributed by atoms with Crippen LogP contribution in [0.3, 0.4) is 0 Å². The summed E-state index contributed by atoms with van der Waals surface area (Å²) in [5.41, 5.74) is -0.194. The summed E-state index contributed by atoms with van der Waals surface area (Å²) in [5, 5.41) is 3.71. The average molecular weight is 549 g/mol. The van der Waals surface area contributed by atoms with Crippen molar-refractivity contribution in [2.75, 3.05) is 0 Å². The van der Waals surface area contributed by atoms with Gasteiger partial charge in [-0.1, -0.05) is 116 Å². The van der Waals surface area contributed by atoms with Gasteiger partial charge in [-0.05, 0) is 31.7 Å². The monoisotopic (exact) mass is 548 g/mol. The number of pyridine rings is 1. The van der Waals surface area contributed by atoms with Gasteiger partial charge < -0.3 is 4.98 Å². The van der Waals surface area contributed by atoms with Crippen molar-refractivity contribution in [3.8, 4) is 0 Å². The molecule has 0 radical (unpaired) electrons. The molecule has 0 amide bonds. The van der Waals surface area contributed by atoms with E-state index in [0.717, 1.165) is 74.8 Å². The van der Waals surface area contributed by atoms with Crippen LogP contribution >= 0.6 is 24.8 Å². The van der Waals surface area contributed by atoms with E-state index < -0.39 is 5.54 Å². The molecule has 6 heteroatoms. The number of rotatable bonds is 17. The van der Waals surface area contributed by atoms with Crippen LogP contribution in [-0.4, -0.2) is 22.1 Å². The SMILES string of the molecule is CCCCCCCCCCCC(NC1(CCCCC)C(=O)CCCCCCC1=O)c1[nH]ccc(=S)c1S. The van der Waals surface area contributed by atoms with E-state index in [9.17, 15) is 9.59 Å². The number of nitrogens with one attached hydrogen (secondary N) is 2. The summed E-state index contributed by atoms with van der Waals surface area (Å²) in [6.45, 7) is 4.42. The number of aromatic nitrogens is 1. The fourth-order valence-electron chi connectivity index (χ4n) is 5.66. The molecule has 1 heterocycles. The second-order valence-corrected chi connectivity index (χ2v) is 11.9. The predicted molar refractivity (Wildman–Crippen MR) is 161 cm³/mol. The number of carbonyl (C=O) groups is 2. The second kappa shape index (κ2) is 18.3. The number of thiol groups is 1. The molecule has 2 N–H and O–H groups in total. The van der Waals surface area contributed by atoms with E-state index in [0.29, 0.717) is 23.8 Å². The van der Waals surface area contributed by atoms with Crippen LogP contribution in [0, 0.1) is 4.51 Å². The van der Waals surface area contributed by atoms with Crippen LogP contribution in [0.1, 0.15) is 154 Å². The molecule has 1 saturated carbocycles. The summed E-state index contributed by atoms with van der Waals surface area (Å²) in [7, 11) is 0. The predicted octanol–water partition coefficient (Wildman–Crippen LogP) is 9.40. The fourth-order valence-corrected chi connectivity index (χ4v) is 6.13. The van der Waals surface area contributed by atoms with E-state index in [-0.39, 0.29) is 17.6 Å². The van der Waals surface area contributed by atoms with Crippen molar-refractivity contribution in [2.45, 2.75) is 159 Å². The van der Waals surface area contributed by atoms with Crippen LogP contribution in [0.15, 0.2) is 17.2 Å². The molecule has 4 nitrogen and oxygen atoms in total. The lowest BCUT2D eigenvalue weighted by molar-refractivity contribution is -0.137. The Hall–Kier alpha value is -0.980. The number of aromatic amines is 1. The van der Waals surface area contributed by atoms with Gasteiger partial charge in [0, 0.05) is 35.7 Å². The maximum atomic E-state index is 13.8. The van der Waals surface area contributed by atoms with E-state index in [1.54, 1.807) is 0 Å². The Labute approximate surface area is 237 Å². The Kier molecular flexibility index (Phi) is 16.0. The first-order valence-electron chi connectivity index (χ1n) is 15.2. The smallest absolute Gasteiger partial charge is 0.160 e. The van der Waals surface area contributed by atoms with Gasteiger partial charge in [-0.3, -0.25) is 14.9 Å². The molecule has 0 aliphatic heterocycles. The molecule has 0 bridgehead atoms. The molecule has 0 spiro atoms. The van der Waals surface area contributed by atoms with Crippen LogP contribution < -0.4 is 5.32 Å². The molecule has 1 aromatic heterocycles. The van der Waals surface area contributed by atoms with Crippen molar-refractivity contribution in [3.63, 3.8) is 0 Å². The zero-order valence-electron chi connectivity index (χ0n) is 23.5. The highest BCUT2D eigenvalue weighted by Crippen LogP contribution is 2.33. The summed E-state index contributed by atoms with van der Waals surface area (Å²) in [6, 6.07) is 1.69. The zero-order valence-corrected chi connectivity index (χ0v) is 25.3. The van der Waals surface area contributed by atoms with Gasteiger partial charge >= 0.3 is 0 Å². The van der Waals surface area contributed by atoms with Crippen LogP contribution in [0.2, 0.25) is 0 Å². The van der Waals surface area contributed by atoms with E-state index >= 15 is 0 Å². The minimum atomic E-state index is -1.10. The Bertz CT molecular complexity index is 847. The normalized spacial score (nSPS) is 17.3. The molecule has 1 aliphatic carbocycles. The van der Waals surface area contributed by atoms with E-state index in [1.807, 2.05) is 12.3 Å². The summed E-state index contributed by atoms with van der Waals surface area (Å²) < 4.78 is 0.697. The van der Waals surface area contributed by atoms with E-state index in [2.05, 4.69) is 24.1 Å². The molecule has 0 saturated heterocycles. The molecular weight excluding hydrogens is 496 g/mol. The second-order valence-electron chi connectivity index (χ2n) is 11.0. The molecular formula is C31H52N2O2S2. The first kappa shape index (κ1) is 32.2. The molecule has 0 aromatic carbocycles. The molecule has 1 aromatic rings. The Morgan fingerprint density at radius 2 is 1.41 bits per heavy atom. The van der Waals surface area contributed by atoms with Crippen LogP contribution in [0.5, 0.6) is 0 Å². The summed E-state index contributed by atoms with van der Waals surface area (Å²) in [5.74, 6) is 0.172. The van der Waals surface area contributed by atoms with Gasteiger partial charge in [-0.2, -0.15) is 0 Å². The number of hydrogen-bond acceptors (Lipinski definition) is 5. The van der Waals surface area contributed by atoms with Crippen molar-refractivity contribution >= 4 is 36.4 Å². The van der Waals surface area contributed by atoms with Gasteiger partial charge in [-0.25, -0.2) is 0 Å². The lowest BCUT2D eigenvalue weighted by atomic mass is 9.79. The summed E-state index contributed by atoms with van der Waals surface area (Å²) in [4.78, 5) is 31.6. The number of unbranched alkanes of at least 4 members (excludes halogenated alkanes) is 10. The third-order valence-electron chi connectivity index (χ3n) is 7.99. The number of carbonyl (C=O) groups excluding carboxylic acids is 2. The van der Waals surface area contributed by atoms with Crippen LogP contribution in [0.25, 0.3) is 0 Å². The molecule has 1 aliphatic rings. The quantitative estimate of drug-likeness (QED) is 0.0785. The molecule has 37 heavy (non-hydrogen) atoms. The van der Waals surface area contributed by atoms with Gasteiger partial charge in [0.1, 0.15) is 5.54 Å². The lowest BCUT2D eigenvalue weighted by Gasteiger charge is -2.36. The number of Topliss-reactive ketones (excluding diaryl/α,β-unsaturated/α-hetero) is 2. The lowest BCUT2D eigenvalue weighted by Crippen LogP contribution is -2.59. The zero-order chi connectivity index (χ0) is 26.9. The van der Waals surface area contributed by atoms with Crippen molar-refractivity contribution in [3.05, 3.63) is 22.5 Å². The first-order valence-corrected chi connectivity index (χ1v) is 16.1. The third-order valence-corrected chi connectivity index (χ3v) is 8.97. The topological polar surface area (TPSA) is 62.0 Å². The Morgan fingerprint density at radius 1 is 0.865 bits per heavy atom. The largest absolute Gasteiger partial charge is 0.363 e. The third kappa shape index (κ3) is 10.6. The maximum absolute atomic E-state index is 13.8. The summed E-state index contributed by atoms with van der Waals surface area (Å²) in [6.07, 6.45) is 22.4. The van der Waals surface area contributed by atoms with Crippen molar-refractivity contribution in [1.29, 1.82) is 0 Å². The average Bonchev–Trinajstić information content (AvgIpc) is 2.95. The molecule has 1 fully saturated rings. The van der Waals surface area contributed by atoms with E-state index in [4.69, 9.17) is 24.8 Å².